The van der Waals surface area contributed by atoms with E-state index >= 15 is 0 Å². The van der Waals surface area contributed by atoms with E-state index in [1.165, 1.54) is 11.8 Å². The summed E-state index contributed by atoms with van der Waals surface area (Å²) < 4.78 is 15.5. The third-order valence-electron chi connectivity index (χ3n) is 3.10. The fraction of sp³-hybridized carbons (Fsp3) is 0.235. The van der Waals surface area contributed by atoms with E-state index in [1.54, 1.807) is 45.6 Å². The number of hydrogen-bond donors (Lipinski definition) is 1. The lowest BCUT2D eigenvalue weighted by molar-refractivity contribution is -0.113. The maximum atomic E-state index is 12.0. The Hall–Kier alpha value is -2.34. The van der Waals surface area contributed by atoms with Crippen LogP contribution in [0.4, 0.5) is 5.69 Å². The quantitative estimate of drug-likeness (QED) is 0.787. The molecule has 23 heavy (non-hydrogen) atoms. The molecule has 0 spiro atoms. The van der Waals surface area contributed by atoms with Crippen LogP contribution in [0.2, 0.25) is 0 Å². The highest BCUT2D eigenvalue weighted by molar-refractivity contribution is 8.00. The van der Waals surface area contributed by atoms with Crippen LogP contribution < -0.4 is 19.5 Å². The van der Waals surface area contributed by atoms with Crippen LogP contribution in [0.25, 0.3) is 0 Å². The van der Waals surface area contributed by atoms with Crippen LogP contribution >= 0.6 is 11.8 Å². The first-order valence-corrected chi connectivity index (χ1v) is 7.93. The zero-order valence-electron chi connectivity index (χ0n) is 13.3. The monoisotopic (exact) mass is 333 g/mol. The Morgan fingerprint density at radius 2 is 1.65 bits per heavy atom. The predicted octanol–water partition coefficient (Wildman–Crippen LogP) is 3.44. The highest BCUT2D eigenvalue weighted by Gasteiger charge is 2.08. The summed E-state index contributed by atoms with van der Waals surface area (Å²) in [6, 6.07) is 12.8. The topological polar surface area (TPSA) is 56.8 Å². The predicted molar refractivity (Wildman–Crippen MR) is 91.9 cm³/mol. The van der Waals surface area contributed by atoms with Gasteiger partial charge in [-0.2, -0.15) is 0 Å². The number of carbonyl (C=O) groups excluding carboxylic acids is 1. The number of ether oxygens (including phenoxy) is 3. The normalized spacial score (nSPS) is 10.0. The number of methoxy groups -OCH3 is 3. The molecule has 0 aliphatic heterocycles. The number of amides is 1. The fourth-order valence-electron chi connectivity index (χ4n) is 1.93. The number of nitrogens with one attached hydrogen (secondary N) is 1. The summed E-state index contributed by atoms with van der Waals surface area (Å²) >= 11 is 1.43. The van der Waals surface area contributed by atoms with E-state index in [0.717, 1.165) is 16.3 Å². The van der Waals surface area contributed by atoms with E-state index in [2.05, 4.69) is 5.32 Å². The van der Waals surface area contributed by atoms with Crippen molar-refractivity contribution < 1.29 is 19.0 Å². The van der Waals surface area contributed by atoms with Gasteiger partial charge in [-0.05, 0) is 42.5 Å². The number of thioether (sulfide) groups is 1. The molecule has 0 saturated heterocycles. The van der Waals surface area contributed by atoms with E-state index < -0.39 is 0 Å². The van der Waals surface area contributed by atoms with Gasteiger partial charge in [-0.15, -0.1) is 11.8 Å². The summed E-state index contributed by atoms with van der Waals surface area (Å²) in [4.78, 5) is 12.9. The summed E-state index contributed by atoms with van der Waals surface area (Å²) in [5.74, 6) is 2.30. The number of anilines is 1. The van der Waals surface area contributed by atoms with E-state index in [1.807, 2.05) is 18.2 Å². The van der Waals surface area contributed by atoms with Gasteiger partial charge in [0.25, 0.3) is 0 Å². The van der Waals surface area contributed by atoms with Crippen molar-refractivity contribution in [2.24, 2.45) is 0 Å². The molecule has 122 valence electrons. The molecule has 2 aromatic rings. The highest BCUT2D eigenvalue weighted by Crippen LogP contribution is 2.31. The standard InChI is InChI=1S/C17H19NO4S/c1-20-13-6-4-12(5-7-13)18-17(19)11-23-14-8-9-15(21-2)16(10-14)22-3/h4-10H,11H2,1-3H3,(H,18,19). The molecule has 0 aliphatic rings. The molecule has 2 aromatic carbocycles. The van der Waals surface area contributed by atoms with Crippen molar-refractivity contribution in [3.63, 3.8) is 0 Å². The van der Waals surface area contributed by atoms with Crippen molar-refractivity contribution in [3.05, 3.63) is 42.5 Å². The molecule has 0 radical (unpaired) electrons. The molecule has 1 amide bonds. The summed E-state index contributed by atoms with van der Waals surface area (Å²) in [5.41, 5.74) is 0.740. The molecule has 0 aliphatic carbocycles. The first kappa shape index (κ1) is 17.0. The molecule has 1 N–H and O–H groups in total. The molecular formula is C17H19NO4S. The number of benzene rings is 2. The van der Waals surface area contributed by atoms with Gasteiger partial charge in [0.15, 0.2) is 11.5 Å². The average molecular weight is 333 g/mol. The van der Waals surface area contributed by atoms with E-state index in [0.29, 0.717) is 17.3 Å². The number of rotatable bonds is 7. The Bertz CT molecular complexity index is 658. The molecule has 0 saturated carbocycles. The zero-order valence-corrected chi connectivity index (χ0v) is 14.1. The summed E-state index contributed by atoms with van der Waals surface area (Å²) in [6.45, 7) is 0. The largest absolute Gasteiger partial charge is 0.497 e. The van der Waals surface area contributed by atoms with Crippen molar-refractivity contribution in [1.29, 1.82) is 0 Å². The lowest BCUT2D eigenvalue weighted by atomic mass is 10.3. The van der Waals surface area contributed by atoms with Crippen LogP contribution in [-0.4, -0.2) is 33.0 Å². The Balaban J connectivity index is 1.90. The first-order chi connectivity index (χ1) is 11.2. The van der Waals surface area contributed by atoms with E-state index in [9.17, 15) is 4.79 Å². The van der Waals surface area contributed by atoms with Crippen LogP contribution in [0.15, 0.2) is 47.4 Å². The van der Waals surface area contributed by atoms with Crippen molar-refractivity contribution in [3.8, 4) is 17.2 Å². The van der Waals surface area contributed by atoms with Gasteiger partial charge in [-0.3, -0.25) is 4.79 Å². The lowest BCUT2D eigenvalue weighted by Crippen LogP contribution is -2.13. The average Bonchev–Trinajstić information content (AvgIpc) is 2.60. The summed E-state index contributed by atoms with van der Waals surface area (Å²) in [6.07, 6.45) is 0. The van der Waals surface area contributed by atoms with E-state index in [-0.39, 0.29) is 5.91 Å². The van der Waals surface area contributed by atoms with Crippen LogP contribution in [0.5, 0.6) is 17.2 Å². The Kier molecular flexibility index (Phi) is 6.17. The van der Waals surface area contributed by atoms with Crippen molar-refractivity contribution in [2.45, 2.75) is 4.90 Å². The van der Waals surface area contributed by atoms with Gasteiger partial charge in [0.2, 0.25) is 5.91 Å². The summed E-state index contributed by atoms with van der Waals surface area (Å²) in [7, 11) is 4.78. The molecule has 0 atom stereocenters. The van der Waals surface area contributed by atoms with Crippen LogP contribution in [0, 0.1) is 0 Å². The molecule has 0 bridgehead atoms. The molecular weight excluding hydrogens is 314 g/mol. The highest BCUT2D eigenvalue weighted by atomic mass is 32.2. The fourth-order valence-corrected chi connectivity index (χ4v) is 2.65. The SMILES string of the molecule is COc1ccc(NC(=O)CSc2ccc(OC)c(OC)c2)cc1. The van der Waals surface area contributed by atoms with Crippen molar-refractivity contribution in [2.75, 3.05) is 32.4 Å². The Labute approximate surface area is 139 Å². The van der Waals surface area contributed by atoms with Gasteiger partial charge in [-0.1, -0.05) is 0 Å². The molecule has 5 nitrogen and oxygen atoms in total. The molecule has 6 heteroatoms. The molecule has 0 unspecified atom stereocenters. The molecule has 0 fully saturated rings. The Morgan fingerprint density at radius 1 is 0.957 bits per heavy atom. The van der Waals surface area contributed by atoms with Crippen molar-refractivity contribution in [1.82, 2.24) is 0 Å². The maximum absolute atomic E-state index is 12.0. The molecule has 0 aromatic heterocycles. The molecule has 2 rings (SSSR count). The third-order valence-corrected chi connectivity index (χ3v) is 4.09. The smallest absolute Gasteiger partial charge is 0.234 e. The van der Waals surface area contributed by atoms with E-state index in [4.69, 9.17) is 14.2 Å². The van der Waals surface area contributed by atoms with Gasteiger partial charge in [0.05, 0.1) is 27.1 Å². The second-order valence-electron chi connectivity index (χ2n) is 4.58. The minimum absolute atomic E-state index is 0.0741. The maximum Gasteiger partial charge on any atom is 0.234 e. The molecule has 0 heterocycles. The van der Waals surface area contributed by atoms with Gasteiger partial charge in [-0.25, -0.2) is 0 Å². The van der Waals surface area contributed by atoms with Crippen molar-refractivity contribution >= 4 is 23.4 Å². The van der Waals surface area contributed by atoms with Crippen LogP contribution in [0.1, 0.15) is 0 Å². The number of carbonyl (C=O) groups is 1. The lowest BCUT2D eigenvalue weighted by Gasteiger charge is -2.09. The second kappa shape index (κ2) is 8.33. The zero-order chi connectivity index (χ0) is 16.7. The van der Waals surface area contributed by atoms with Gasteiger partial charge in [0, 0.05) is 10.6 Å². The third kappa shape index (κ3) is 4.82. The van der Waals surface area contributed by atoms with Gasteiger partial charge in [0.1, 0.15) is 5.75 Å². The van der Waals surface area contributed by atoms with Crippen LogP contribution in [-0.2, 0) is 4.79 Å². The Morgan fingerprint density at radius 3 is 2.26 bits per heavy atom. The summed E-state index contributed by atoms with van der Waals surface area (Å²) in [5, 5.41) is 2.84. The number of hydrogen-bond acceptors (Lipinski definition) is 5. The minimum Gasteiger partial charge on any atom is -0.497 e. The van der Waals surface area contributed by atoms with Gasteiger partial charge >= 0.3 is 0 Å². The first-order valence-electron chi connectivity index (χ1n) is 6.95. The second-order valence-corrected chi connectivity index (χ2v) is 5.63. The van der Waals surface area contributed by atoms with Crippen LogP contribution in [0.3, 0.4) is 0 Å². The van der Waals surface area contributed by atoms with Gasteiger partial charge < -0.3 is 19.5 Å². The minimum atomic E-state index is -0.0741.